The quantitative estimate of drug-likeness (QED) is 0.509. The van der Waals surface area contributed by atoms with Crippen molar-refractivity contribution in [2.24, 2.45) is 0 Å². The monoisotopic (exact) mass is 419 g/mol. The summed E-state index contributed by atoms with van der Waals surface area (Å²) in [5.41, 5.74) is 0. The molecule has 0 fully saturated rings. The average molecular weight is 420 g/mol. The van der Waals surface area contributed by atoms with Gasteiger partial charge in [0.2, 0.25) is 5.91 Å². The number of benzene rings is 1. The molecular weight excluding hydrogens is 402 g/mol. The molecule has 4 nitrogen and oxygen atoms in total. The van der Waals surface area contributed by atoms with Crippen LogP contribution >= 0.6 is 27.3 Å². The number of hydrogen-bond acceptors (Lipinski definition) is 4. The molecule has 1 aromatic carbocycles. The van der Waals surface area contributed by atoms with Crippen LogP contribution in [-0.4, -0.2) is 17.4 Å². The number of hydrogen-bond donors (Lipinski definition) is 0. The molecule has 0 saturated heterocycles. The van der Waals surface area contributed by atoms with Gasteiger partial charge in [-0.25, -0.2) is 0 Å². The molecular formula is C19H18BrNO3S. The van der Waals surface area contributed by atoms with Crippen LogP contribution in [-0.2, 0) is 17.9 Å². The zero-order valence-corrected chi connectivity index (χ0v) is 16.0. The van der Waals surface area contributed by atoms with Crippen LogP contribution in [0.15, 0.2) is 69.1 Å². The highest BCUT2D eigenvalue weighted by molar-refractivity contribution is 9.10. The number of furan rings is 1. The fourth-order valence-corrected chi connectivity index (χ4v) is 3.48. The summed E-state index contributed by atoms with van der Waals surface area (Å²) in [7, 11) is 0. The third kappa shape index (κ3) is 5.47. The van der Waals surface area contributed by atoms with E-state index in [0.717, 1.165) is 20.9 Å². The molecule has 2 heterocycles. The summed E-state index contributed by atoms with van der Waals surface area (Å²) in [5, 5.41) is 2.02. The molecule has 25 heavy (non-hydrogen) atoms. The van der Waals surface area contributed by atoms with Crippen molar-refractivity contribution in [2.45, 2.75) is 19.5 Å². The highest BCUT2D eigenvalue weighted by Crippen LogP contribution is 2.19. The van der Waals surface area contributed by atoms with E-state index in [9.17, 15) is 4.79 Å². The Morgan fingerprint density at radius 1 is 1.16 bits per heavy atom. The summed E-state index contributed by atoms with van der Waals surface area (Å²) in [4.78, 5) is 15.6. The first kappa shape index (κ1) is 17.8. The van der Waals surface area contributed by atoms with Gasteiger partial charge in [-0.1, -0.05) is 28.1 Å². The largest absolute Gasteiger partial charge is 0.493 e. The summed E-state index contributed by atoms with van der Waals surface area (Å²) in [6.07, 6.45) is 1.94. The lowest BCUT2D eigenvalue weighted by molar-refractivity contribution is -0.133. The predicted molar refractivity (Wildman–Crippen MR) is 102 cm³/mol. The van der Waals surface area contributed by atoms with Crippen LogP contribution in [0.2, 0.25) is 0 Å². The number of ether oxygens (including phenoxy) is 1. The van der Waals surface area contributed by atoms with Gasteiger partial charge in [0.15, 0.2) is 0 Å². The molecule has 0 saturated carbocycles. The normalized spacial score (nSPS) is 10.6. The molecule has 0 N–H and O–H groups in total. The maximum atomic E-state index is 12.7. The maximum Gasteiger partial charge on any atom is 0.226 e. The molecule has 0 radical (unpaired) electrons. The van der Waals surface area contributed by atoms with E-state index in [4.69, 9.17) is 9.15 Å². The van der Waals surface area contributed by atoms with Crippen LogP contribution in [0.3, 0.4) is 0 Å². The average Bonchev–Trinajstić information content (AvgIpc) is 3.28. The fraction of sp³-hybridized carbons (Fsp3) is 0.211. The number of thiophene rings is 1. The Balaban J connectivity index is 1.58. The van der Waals surface area contributed by atoms with Gasteiger partial charge in [-0.3, -0.25) is 4.79 Å². The van der Waals surface area contributed by atoms with Crippen LogP contribution in [0.25, 0.3) is 0 Å². The molecule has 0 aliphatic heterocycles. The van der Waals surface area contributed by atoms with Gasteiger partial charge in [-0.15, -0.1) is 11.3 Å². The van der Waals surface area contributed by atoms with Crippen molar-refractivity contribution in [3.8, 4) is 5.75 Å². The van der Waals surface area contributed by atoms with E-state index in [1.807, 2.05) is 53.9 Å². The fourth-order valence-electron chi connectivity index (χ4n) is 2.38. The van der Waals surface area contributed by atoms with Crippen LogP contribution in [0, 0.1) is 0 Å². The minimum atomic E-state index is 0.0415. The molecule has 6 heteroatoms. The second kappa shape index (κ2) is 8.87. The summed E-state index contributed by atoms with van der Waals surface area (Å²) in [5.74, 6) is 1.57. The van der Waals surface area contributed by atoms with Crippen LogP contribution in [0.1, 0.15) is 17.1 Å². The topological polar surface area (TPSA) is 42.7 Å². The van der Waals surface area contributed by atoms with Gasteiger partial charge in [0.05, 0.1) is 32.4 Å². The molecule has 0 aliphatic carbocycles. The molecule has 1 amide bonds. The second-order valence-corrected chi connectivity index (χ2v) is 7.41. The Kier molecular flexibility index (Phi) is 6.30. The smallest absolute Gasteiger partial charge is 0.226 e. The number of carbonyl (C=O) groups excluding carboxylic acids is 1. The van der Waals surface area contributed by atoms with Crippen LogP contribution < -0.4 is 4.74 Å². The van der Waals surface area contributed by atoms with Crippen LogP contribution in [0.4, 0.5) is 0 Å². The van der Waals surface area contributed by atoms with E-state index in [1.165, 1.54) is 0 Å². The third-order valence-corrected chi connectivity index (χ3v) is 4.94. The molecule has 2 aromatic heterocycles. The minimum Gasteiger partial charge on any atom is -0.493 e. The molecule has 0 atom stereocenters. The number of rotatable bonds is 8. The van der Waals surface area contributed by atoms with E-state index in [2.05, 4.69) is 15.9 Å². The molecule has 0 spiro atoms. The Morgan fingerprint density at radius 2 is 2.08 bits per heavy atom. The molecule has 0 aliphatic rings. The van der Waals surface area contributed by atoms with Gasteiger partial charge in [0, 0.05) is 9.35 Å². The molecule has 0 unspecified atom stereocenters. The molecule has 3 aromatic rings. The van der Waals surface area contributed by atoms with Gasteiger partial charge in [-0.05, 0) is 41.8 Å². The summed E-state index contributed by atoms with van der Waals surface area (Å²) < 4.78 is 12.0. The Bertz CT molecular complexity index is 751. The van der Waals surface area contributed by atoms with Crippen molar-refractivity contribution in [1.82, 2.24) is 4.90 Å². The van der Waals surface area contributed by atoms with E-state index in [1.54, 1.807) is 22.5 Å². The van der Waals surface area contributed by atoms with Gasteiger partial charge in [0.25, 0.3) is 0 Å². The van der Waals surface area contributed by atoms with E-state index >= 15 is 0 Å². The van der Waals surface area contributed by atoms with Crippen molar-refractivity contribution in [1.29, 1.82) is 0 Å². The summed E-state index contributed by atoms with van der Waals surface area (Å²) >= 11 is 5.05. The SMILES string of the molecule is O=C(CCOc1cccc(Br)c1)N(Cc1ccco1)Cc1cccs1. The maximum absolute atomic E-state index is 12.7. The van der Waals surface area contributed by atoms with Gasteiger partial charge in [-0.2, -0.15) is 0 Å². The number of nitrogens with zero attached hydrogens (tertiary/aromatic N) is 1. The van der Waals surface area contributed by atoms with Crippen molar-refractivity contribution < 1.29 is 13.9 Å². The van der Waals surface area contributed by atoms with Crippen LogP contribution in [0.5, 0.6) is 5.75 Å². The summed E-state index contributed by atoms with van der Waals surface area (Å²) in [6.45, 7) is 1.38. The lowest BCUT2D eigenvalue weighted by Gasteiger charge is -2.21. The molecule has 0 bridgehead atoms. The zero-order chi connectivity index (χ0) is 17.5. The first-order valence-electron chi connectivity index (χ1n) is 7.91. The lowest BCUT2D eigenvalue weighted by atomic mass is 10.3. The van der Waals surface area contributed by atoms with Crippen molar-refractivity contribution in [2.75, 3.05) is 6.61 Å². The Morgan fingerprint density at radius 3 is 2.80 bits per heavy atom. The summed E-state index contributed by atoms with van der Waals surface area (Å²) in [6, 6.07) is 15.3. The predicted octanol–water partition coefficient (Wildman–Crippen LogP) is 5.10. The standard InChI is InChI=1S/C19H18BrNO3S/c20-15-4-1-5-16(12-15)24-10-8-19(22)21(13-17-6-2-9-23-17)14-18-7-3-11-25-18/h1-7,9,11-12H,8,10,13-14H2. The molecule has 130 valence electrons. The van der Waals surface area contributed by atoms with Crippen molar-refractivity contribution in [3.63, 3.8) is 0 Å². The number of carbonyl (C=O) groups is 1. The van der Waals surface area contributed by atoms with E-state index in [-0.39, 0.29) is 5.91 Å². The van der Waals surface area contributed by atoms with E-state index < -0.39 is 0 Å². The van der Waals surface area contributed by atoms with E-state index in [0.29, 0.717) is 26.1 Å². The Hall–Kier alpha value is -2.05. The zero-order valence-electron chi connectivity index (χ0n) is 13.6. The number of halogens is 1. The second-order valence-electron chi connectivity index (χ2n) is 5.46. The molecule has 3 rings (SSSR count). The lowest BCUT2D eigenvalue weighted by Crippen LogP contribution is -2.30. The Labute approximate surface area is 159 Å². The number of amides is 1. The highest BCUT2D eigenvalue weighted by atomic mass is 79.9. The van der Waals surface area contributed by atoms with Gasteiger partial charge in [0.1, 0.15) is 11.5 Å². The minimum absolute atomic E-state index is 0.0415. The first-order chi connectivity index (χ1) is 12.2. The highest BCUT2D eigenvalue weighted by Gasteiger charge is 2.16. The van der Waals surface area contributed by atoms with Gasteiger partial charge >= 0.3 is 0 Å². The van der Waals surface area contributed by atoms with Crippen molar-refractivity contribution in [3.05, 3.63) is 75.3 Å². The van der Waals surface area contributed by atoms with Gasteiger partial charge < -0.3 is 14.1 Å². The first-order valence-corrected chi connectivity index (χ1v) is 9.59. The third-order valence-electron chi connectivity index (χ3n) is 3.59. The van der Waals surface area contributed by atoms with Crippen molar-refractivity contribution >= 4 is 33.2 Å².